The number of carboxylic acids is 1. The van der Waals surface area contributed by atoms with E-state index in [1.54, 1.807) is 30.5 Å². The number of rotatable bonds is 7. The molecule has 0 bridgehead atoms. The summed E-state index contributed by atoms with van der Waals surface area (Å²) in [5.41, 5.74) is 1.95. The number of hydrogen-bond acceptors (Lipinski definition) is 3. The van der Waals surface area contributed by atoms with Crippen molar-refractivity contribution >= 4 is 17.9 Å². The zero-order valence-corrected chi connectivity index (χ0v) is 12.5. The molecular formula is C18H19NO3. The first kappa shape index (κ1) is 15.8. The number of aliphatic imine (C=N–C) groups is 1. The highest BCUT2D eigenvalue weighted by atomic mass is 16.5. The molecule has 2 rings (SSSR count). The Labute approximate surface area is 130 Å². The Kier molecular flexibility index (Phi) is 5.72. The maximum absolute atomic E-state index is 10.8. The van der Waals surface area contributed by atoms with Crippen LogP contribution in [0.1, 0.15) is 35.7 Å². The largest absolute Gasteiger partial charge is 0.494 e. The van der Waals surface area contributed by atoms with Crippen molar-refractivity contribution in [2.24, 2.45) is 4.99 Å². The van der Waals surface area contributed by atoms with E-state index in [1.165, 1.54) is 0 Å². The van der Waals surface area contributed by atoms with E-state index in [0.29, 0.717) is 0 Å². The van der Waals surface area contributed by atoms with Crippen LogP contribution in [0.5, 0.6) is 5.75 Å². The van der Waals surface area contributed by atoms with E-state index in [-0.39, 0.29) is 5.56 Å². The van der Waals surface area contributed by atoms with Crippen LogP contribution in [0, 0.1) is 0 Å². The van der Waals surface area contributed by atoms with Crippen LogP contribution in [-0.4, -0.2) is 23.9 Å². The van der Waals surface area contributed by atoms with E-state index in [4.69, 9.17) is 9.84 Å². The van der Waals surface area contributed by atoms with E-state index in [2.05, 4.69) is 11.9 Å². The number of ether oxygens (including phenoxy) is 1. The molecule has 4 nitrogen and oxygen atoms in total. The molecule has 0 unspecified atom stereocenters. The molecule has 0 saturated heterocycles. The average molecular weight is 297 g/mol. The van der Waals surface area contributed by atoms with Gasteiger partial charge < -0.3 is 9.84 Å². The van der Waals surface area contributed by atoms with Gasteiger partial charge in [-0.15, -0.1) is 0 Å². The summed E-state index contributed by atoms with van der Waals surface area (Å²) in [7, 11) is 0. The number of unbranched alkanes of at least 4 members (excludes halogenated alkanes) is 1. The van der Waals surface area contributed by atoms with Crippen molar-refractivity contribution in [1.82, 2.24) is 0 Å². The smallest absolute Gasteiger partial charge is 0.335 e. The minimum Gasteiger partial charge on any atom is -0.494 e. The van der Waals surface area contributed by atoms with Crippen LogP contribution in [0.2, 0.25) is 0 Å². The Morgan fingerprint density at radius 2 is 1.82 bits per heavy atom. The molecule has 0 saturated carbocycles. The number of carboxylic acid groups (broad SMARTS) is 1. The molecule has 0 radical (unpaired) electrons. The Morgan fingerprint density at radius 3 is 2.41 bits per heavy atom. The summed E-state index contributed by atoms with van der Waals surface area (Å²) in [6.07, 6.45) is 3.87. The zero-order valence-electron chi connectivity index (χ0n) is 12.5. The van der Waals surface area contributed by atoms with Gasteiger partial charge in [0.15, 0.2) is 0 Å². The highest BCUT2D eigenvalue weighted by molar-refractivity contribution is 5.89. The van der Waals surface area contributed by atoms with E-state index in [9.17, 15) is 4.79 Å². The third-order valence-electron chi connectivity index (χ3n) is 3.12. The summed E-state index contributed by atoms with van der Waals surface area (Å²) >= 11 is 0. The van der Waals surface area contributed by atoms with Crippen molar-refractivity contribution < 1.29 is 14.6 Å². The fourth-order valence-corrected chi connectivity index (χ4v) is 1.82. The minimum absolute atomic E-state index is 0.269. The van der Waals surface area contributed by atoms with Gasteiger partial charge in [0.05, 0.1) is 17.9 Å². The first-order valence-electron chi connectivity index (χ1n) is 7.29. The number of nitrogens with zero attached hydrogens (tertiary/aromatic N) is 1. The zero-order chi connectivity index (χ0) is 15.8. The van der Waals surface area contributed by atoms with E-state index in [0.717, 1.165) is 36.4 Å². The molecule has 0 aromatic heterocycles. The van der Waals surface area contributed by atoms with Crippen molar-refractivity contribution in [3.8, 4) is 5.75 Å². The lowest BCUT2D eigenvalue weighted by atomic mass is 10.1. The van der Waals surface area contributed by atoms with Gasteiger partial charge in [0, 0.05) is 6.21 Å². The van der Waals surface area contributed by atoms with Gasteiger partial charge in [-0.1, -0.05) is 25.5 Å². The lowest BCUT2D eigenvalue weighted by molar-refractivity contribution is 0.0697. The average Bonchev–Trinajstić information content (AvgIpc) is 2.55. The minimum atomic E-state index is -0.929. The number of carbonyl (C=O) groups is 1. The number of benzene rings is 2. The monoisotopic (exact) mass is 297 g/mol. The van der Waals surface area contributed by atoms with E-state index < -0.39 is 5.97 Å². The standard InChI is InChI=1S/C18H19NO3/c1-2-3-12-22-17-10-8-16(9-11-17)19-13-14-4-6-15(7-5-14)18(20)21/h4-11,13H,2-3,12H2,1H3,(H,20,21)/b19-13+. The molecule has 114 valence electrons. The van der Waals surface area contributed by atoms with Gasteiger partial charge in [-0.3, -0.25) is 4.99 Å². The van der Waals surface area contributed by atoms with E-state index >= 15 is 0 Å². The second-order valence-electron chi connectivity index (χ2n) is 4.88. The van der Waals surface area contributed by atoms with Crippen molar-refractivity contribution in [3.05, 3.63) is 59.7 Å². The molecule has 2 aromatic rings. The molecule has 0 amide bonds. The van der Waals surface area contributed by atoms with Gasteiger partial charge in [-0.25, -0.2) is 4.79 Å². The van der Waals surface area contributed by atoms with Crippen molar-refractivity contribution in [1.29, 1.82) is 0 Å². The molecule has 0 aliphatic carbocycles. The molecule has 22 heavy (non-hydrogen) atoms. The maximum Gasteiger partial charge on any atom is 0.335 e. The Hall–Kier alpha value is -2.62. The van der Waals surface area contributed by atoms with E-state index in [1.807, 2.05) is 24.3 Å². The lowest BCUT2D eigenvalue weighted by Crippen LogP contribution is -1.95. The fourth-order valence-electron chi connectivity index (χ4n) is 1.82. The normalized spacial score (nSPS) is 10.8. The molecule has 0 aliphatic rings. The fraction of sp³-hybridized carbons (Fsp3) is 0.222. The Bertz CT molecular complexity index is 630. The second-order valence-corrected chi connectivity index (χ2v) is 4.88. The highest BCUT2D eigenvalue weighted by Crippen LogP contribution is 2.18. The first-order valence-corrected chi connectivity index (χ1v) is 7.29. The van der Waals surface area contributed by atoms with Gasteiger partial charge in [-0.2, -0.15) is 0 Å². The van der Waals surface area contributed by atoms with Crippen molar-refractivity contribution in [3.63, 3.8) is 0 Å². The van der Waals surface area contributed by atoms with Crippen LogP contribution >= 0.6 is 0 Å². The molecule has 2 aromatic carbocycles. The van der Waals surface area contributed by atoms with Crippen molar-refractivity contribution in [2.45, 2.75) is 19.8 Å². The number of hydrogen-bond donors (Lipinski definition) is 1. The van der Waals surface area contributed by atoms with Crippen LogP contribution in [0.25, 0.3) is 0 Å². The predicted octanol–water partition coefficient (Wildman–Crippen LogP) is 4.31. The number of aromatic carboxylic acids is 1. The van der Waals surface area contributed by atoms with Crippen LogP contribution in [0.15, 0.2) is 53.5 Å². The summed E-state index contributed by atoms with van der Waals surface area (Å²) in [5, 5.41) is 8.84. The summed E-state index contributed by atoms with van der Waals surface area (Å²) in [6.45, 7) is 2.86. The van der Waals surface area contributed by atoms with Gasteiger partial charge >= 0.3 is 5.97 Å². The summed E-state index contributed by atoms with van der Waals surface area (Å²) in [6, 6.07) is 14.2. The summed E-state index contributed by atoms with van der Waals surface area (Å²) in [4.78, 5) is 15.1. The summed E-state index contributed by atoms with van der Waals surface area (Å²) < 4.78 is 5.59. The van der Waals surface area contributed by atoms with Gasteiger partial charge in [-0.05, 0) is 48.4 Å². The molecule has 4 heteroatoms. The quantitative estimate of drug-likeness (QED) is 0.612. The molecule has 0 aliphatic heterocycles. The molecule has 0 spiro atoms. The molecule has 1 N–H and O–H groups in total. The molecule has 0 atom stereocenters. The Balaban J connectivity index is 1.96. The summed E-state index contributed by atoms with van der Waals surface area (Å²) in [5.74, 6) is -0.0830. The lowest BCUT2D eigenvalue weighted by Gasteiger charge is -2.04. The van der Waals surface area contributed by atoms with Gasteiger partial charge in [0.1, 0.15) is 5.75 Å². The molecule has 0 fully saturated rings. The molecule has 0 heterocycles. The van der Waals surface area contributed by atoms with Crippen LogP contribution in [-0.2, 0) is 0 Å². The topological polar surface area (TPSA) is 58.9 Å². The predicted molar refractivity (Wildman–Crippen MR) is 87.5 cm³/mol. The van der Waals surface area contributed by atoms with Gasteiger partial charge in [0.2, 0.25) is 0 Å². The van der Waals surface area contributed by atoms with Crippen LogP contribution in [0.3, 0.4) is 0 Å². The first-order chi connectivity index (χ1) is 10.7. The van der Waals surface area contributed by atoms with Crippen LogP contribution in [0.4, 0.5) is 5.69 Å². The maximum atomic E-state index is 10.8. The third kappa shape index (κ3) is 4.74. The van der Waals surface area contributed by atoms with Gasteiger partial charge in [0.25, 0.3) is 0 Å². The SMILES string of the molecule is CCCCOc1ccc(/N=C/c2ccc(C(=O)O)cc2)cc1. The molecular weight excluding hydrogens is 278 g/mol. The highest BCUT2D eigenvalue weighted by Gasteiger charge is 2.00. The second kappa shape index (κ2) is 7.98. The Morgan fingerprint density at radius 1 is 1.14 bits per heavy atom. The third-order valence-corrected chi connectivity index (χ3v) is 3.12. The van der Waals surface area contributed by atoms with Crippen molar-refractivity contribution in [2.75, 3.05) is 6.61 Å². The van der Waals surface area contributed by atoms with Crippen LogP contribution < -0.4 is 4.74 Å².